The number of aryl methyl sites for hydroxylation is 1. The van der Waals surface area contributed by atoms with Crippen molar-refractivity contribution in [3.05, 3.63) is 48.0 Å². The lowest BCUT2D eigenvalue weighted by Gasteiger charge is -2.34. The molecular formula is C18H19N5OS. The van der Waals surface area contributed by atoms with Gasteiger partial charge in [-0.2, -0.15) is 0 Å². The predicted octanol–water partition coefficient (Wildman–Crippen LogP) is 2.61. The Balaban J connectivity index is 1.42. The average molecular weight is 353 g/mol. The molecule has 0 spiro atoms. The van der Waals surface area contributed by atoms with Crippen molar-refractivity contribution in [3.63, 3.8) is 0 Å². The summed E-state index contributed by atoms with van der Waals surface area (Å²) < 4.78 is 1.20. The van der Waals surface area contributed by atoms with E-state index in [1.807, 2.05) is 30.0 Å². The van der Waals surface area contributed by atoms with Crippen molar-refractivity contribution >= 4 is 32.6 Å². The van der Waals surface area contributed by atoms with Crippen LogP contribution in [0.3, 0.4) is 0 Å². The standard InChI is InChI=1S/C18H19N5OS/c1-2-16-19-11-13(12-20-16)17(24)22-7-9-23(10-8-22)18-21-14-5-3-4-6-15(14)25-18/h3-6,11-12H,2,7-10H2,1H3. The minimum atomic E-state index is 0.00611. The zero-order valence-electron chi connectivity index (χ0n) is 14.1. The molecule has 4 rings (SSSR count). The zero-order valence-corrected chi connectivity index (χ0v) is 14.9. The van der Waals surface area contributed by atoms with E-state index in [0.29, 0.717) is 18.7 Å². The Bertz CT molecular complexity index is 851. The van der Waals surface area contributed by atoms with Crippen LogP contribution in [0.2, 0.25) is 0 Å². The van der Waals surface area contributed by atoms with Gasteiger partial charge < -0.3 is 9.80 Å². The maximum absolute atomic E-state index is 12.6. The lowest BCUT2D eigenvalue weighted by atomic mass is 10.2. The highest BCUT2D eigenvalue weighted by molar-refractivity contribution is 7.22. The van der Waals surface area contributed by atoms with E-state index < -0.39 is 0 Å². The number of aromatic nitrogens is 3. The first-order valence-electron chi connectivity index (χ1n) is 8.45. The number of carbonyl (C=O) groups excluding carboxylic acids is 1. The molecule has 2 aromatic heterocycles. The highest BCUT2D eigenvalue weighted by Crippen LogP contribution is 2.29. The lowest BCUT2D eigenvalue weighted by Crippen LogP contribution is -2.48. The van der Waals surface area contributed by atoms with Crippen molar-refractivity contribution in [2.24, 2.45) is 0 Å². The largest absolute Gasteiger partial charge is 0.345 e. The second kappa shape index (κ2) is 6.76. The summed E-state index contributed by atoms with van der Waals surface area (Å²) in [5, 5.41) is 1.03. The molecule has 0 atom stereocenters. The summed E-state index contributed by atoms with van der Waals surface area (Å²) in [5.41, 5.74) is 1.60. The molecule has 0 radical (unpaired) electrons. The van der Waals surface area contributed by atoms with Gasteiger partial charge in [0.2, 0.25) is 0 Å². The molecular weight excluding hydrogens is 334 g/mol. The Labute approximate surface area is 150 Å². The van der Waals surface area contributed by atoms with Crippen LogP contribution in [0.25, 0.3) is 10.2 Å². The molecule has 128 valence electrons. The molecule has 1 aliphatic heterocycles. The van der Waals surface area contributed by atoms with Crippen LogP contribution in [-0.2, 0) is 6.42 Å². The van der Waals surface area contributed by atoms with E-state index in [-0.39, 0.29) is 5.91 Å². The summed E-state index contributed by atoms with van der Waals surface area (Å²) in [6, 6.07) is 8.17. The molecule has 6 nitrogen and oxygen atoms in total. The van der Waals surface area contributed by atoms with E-state index in [1.54, 1.807) is 23.7 Å². The van der Waals surface area contributed by atoms with Gasteiger partial charge in [-0.1, -0.05) is 30.4 Å². The van der Waals surface area contributed by atoms with Gasteiger partial charge in [0.1, 0.15) is 5.82 Å². The number of anilines is 1. The molecule has 1 aromatic carbocycles. The van der Waals surface area contributed by atoms with Crippen molar-refractivity contribution in [1.29, 1.82) is 0 Å². The molecule has 1 fully saturated rings. The molecule has 0 unspecified atom stereocenters. The van der Waals surface area contributed by atoms with Gasteiger partial charge in [0, 0.05) is 45.0 Å². The van der Waals surface area contributed by atoms with Crippen LogP contribution in [0.5, 0.6) is 0 Å². The van der Waals surface area contributed by atoms with Gasteiger partial charge >= 0.3 is 0 Å². The Kier molecular flexibility index (Phi) is 4.31. The first-order valence-corrected chi connectivity index (χ1v) is 9.27. The van der Waals surface area contributed by atoms with Crippen molar-refractivity contribution < 1.29 is 4.79 Å². The number of hydrogen-bond donors (Lipinski definition) is 0. The van der Waals surface area contributed by atoms with E-state index in [2.05, 4.69) is 20.9 Å². The molecule has 1 aliphatic rings. The molecule has 7 heteroatoms. The summed E-state index contributed by atoms with van der Waals surface area (Å²) in [5.74, 6) is 0.767. The van der Waals surface area contributed by atoms with Crippen molar-refractivity contribution in [2.45, 2.75) is 13.3 Å². The molecule has 1 amide bonds. The number of para-hydroxylation sites is 1. The highest BCUT2D eigenvalue weighted by Gasteiger charge is 2.24. The zero-order chi connectivity index (χ0) is 17.2. The maximum atomic E-state index is 12.6. The second-order valence-electron chi connectivity index (χ2n) is 5.98. The fourth-order valence-electron chi connectivity index (χ4n) is 2.93. The smallest absolute Gasteiger partial charge is 0.257 e. The molecule has 0 saturated carbocycles. The minimum Gasteiger partial charge on any atom is -0.345 e. The van der Waals surface area contributed by atoms with E-state index >= 15 is 0 Å². The monoisotopic (exact) mass is 353 g/mol. The van der Waals surface area contributed by atoms with Gasteiger partial charge in [0.25, 0.3) is 5.91 Å². The van der Waals surface area contributed by atoms with Crippen LogP contribution in [0.4, 0.5) is 5.13 Å². The number of fused-ring (bicyclic) bond motifs is 1. The topological polar surface area (TPSA) is 62.2 Å². The van der Waals surface area contributed by atoms with Crippen LogP contribution in [-0.4, -0.2) is 51.9 Å². The van der Waals surface area contributed by atoms with Crippen molar-refractivity contribution in [2.75, 3.05) is 31.1 Å². The van der Waals surface area contributed by atoms with E-state index in [0.717, 1.165) is 36.0 Å². The Morgan fingerprint density at radius 3 is 2.52 bits per heavy atom. The molecule has 3 aromatic rings. The van der Waals surface area contributed by atoms with Crippen molar-refractivity contribution in [3.8, 4) is 0 Å². The number of carbonyl (C=O) groups is 1. The molecule has 1 saturated heterocycles. The third kappa shape index (κ3) is 3.19. The molecule has 3 heterocycles. The fraction of sp³-hybridized carbons (Fsp3) is 0.333. The number of benzene rings is 1. The number of amides is 1. The van der Waals surface area contributed by atoms with Crippen LogP contribution in [0.1, 0.15) is 23.1 Å². The van der Waals surface area contributed by atoms with Gasteiger partial charge in [0.15, 0.2) is 5.13 Å². The maximum Gasteiger partial charge on any atom is 0.257 e. The van der Waals surface area contributed by atoms with Crippen LogP contribution < -0.4 is 4.90 Å². The summed E-state index contributed by atoms with van der Waals surface area (Å²) >= 11 is 1.71. The molecule has 0 aliphatic carbocycles. The Hall–Kier alpha value is -2.54. The summed E-state index contributed by atoms with van der Waals surface area (Å²) in [6.07, 6.45) is 4.04. The van der Waals surface area contributed by atoms with Crippen LogP contribution in [0.15, 0.2) is 36.7 Å². The van der Waals surface area contributed by atoms with Gasteiger partial charge in [-0.25, -0.2) is 15.0 Å². The number of rotatable bonds is 3. The summed E-state index contributed by atoms with van der Waals surface area (Å²) in [4.78, 5) is 29.9. The molecule has 0 bridgehead atoms. The average Bonchev–Trinajstić information content (AvgIpc) is 3.12. The van der Waals surface area contributed by atoms with Crippen LogP contribution in [0, 0.1) is 0 Å². The first kappa shape index (κ1) is 16.0. The van der Waals surface area contributed by atoms with E-state index in [1.165, 1.54) is 4.70 Å². The quantitative estimate of drug-likeness (QED) is 0.724. The number of nitrogens with zero attached hydrogens (tertiary/aromatic N) is 5. The fourth-order valence-corrected chi connectivity index (χ4v) is 3.94. The van der Waals surface area contributed by atoms with Crippen LogP contribution >= 0.6 is 11.3 Å². The van der Waals surface area contributed by atoms with Gasteiger partial charge in [-0.15, -0.1) is 0 Å². The third-order valence-corrected chi connectivity index (χ3v) is 5.49. The third-order valence-electron chi connectivity index (χ3n) is 4.39. The first-order chi connectivity index (χ1) is 12.2. The SMILES string of the molecule is CCc1ncc(C(=O)N2CCN(c3nc4ccccc4s3)CC2)cn1. The Morgan fingerprint density at radius 2 is 1.84 bits per heavy atom. The number of hydrogen-bond acceptors (Lipinski definition) is 6. The summed E-state index contributed by atoms with van der Waals surface area (Å²) in [6.45, 7) is 4.95. The van der Waals surface area contributed by atoms with E-state index in [4.69, 9.17) is 4.98 Å². The normalized spacial score (nSPS) is 14.9. The molecule has 0 N–H and O–H groups in total. The number of piperazine rings is 1. The second-order valence-corrected chi connectivity index (χ2v) is 6.99. The Morgan fingerprint density at radius 1 is 1.12 bits per heavy atom. The van der Waals surface area contributed by atoms with Gasteiger partial charge in [0.05, 0.1) is 15.8 Å². The van der Waals surface area contributed by atoms with E-state index in [9.17, 15) is 4.79 Å². The number of thiazole rings is 1. The predicted molar refractivity (Wildman–Crippen MR) is 99.1 cm³/mol. The minimum absolute atomic E-state index is 0.00611. The van der Waals surface area contributed by atoms with Gasteiger partial charge in [-0.05, 0) is 12.1 Å². The lowest BCUT2D eigenvalue weighted by molar-refractivity contribution is 0.0746. The highest BCUT2D eigenvalue weighted by atomic mass is 32.1. The van der Waals surface area contributed by atoms with Gasteiger partial charge in [-0.3, -0.25) is 4.79 Å². The van der Waals surface area contributed by atoms with Crippen molar-refractivity contribution in [1.82, 2.24) is 19.9 Å². The summed E-state index contributed by atoms with van der Waals surface area (Å²) in [7, 11) is 0. The molecule has 25 heavy (non-hydrogen) atoms.